The largest absolute Gasteiger partial charge is 0.338 e. The first-order chi connectivity index (χ1) is 11.8. The van der Waals surface area contributed by atoms with E-state index in [1.807, 2.05) is 49.5 Å². The number of benzene rings is 1. The van der Waals surface area contributed by atoms with Crippen LogP contribution in [0.4, 0.5) is 0 Å². The van der Waals surface area contributed by atoms with E-state index in [-0.39, 0.29) is 0 Å². The predicted molar refractivity (Wildman–Crippen MR) is 89.1 cm³/mol. The standard InChI is InChI=1S/C17H16N6O/c1-2-18-10-16-21-17(22-24-16)13-6-3-5-12(9-13)14-11-23-15(20-14)7-4-8-19-23/h3-9,11,18H,2,10H2,1H3. The van der Waals surface area contributed by atoms with E-state index < -0.39 is 0 Å². The van der Waals surface area contributed by atoms with Crippen molar-refractivity contribution in [1.82, 2.24) is 30.1 Å². The molecule has 0 amide bonds. The fourth-order valence-electron chi connectivity index (χ4n) is 2.46. The number of fused-ring (bicyclic) bond motifs is 1. The van der Waals surface area contributed by atoms with Gasteiger partial charge in [-0.2, -0.15) is 10.1 Å². The fourth-order valence-corrected chi connectivity index (χ4v) is 2.46. The van der Waals surface area contributed by atoms with Gasteiger partial charge in [0.05, 0.1) is 18.4 Å². The average molecular weight is 320 g/mol. The molecule has 0 bridgehead atoms. The van der Waals surface area contributed by atoms with Crippen molar-refractivity contribution in [2.75, 3.05) is 6.54 Å². The molecule has 0 aliphatic carbocycles. The lowest BCUT2D eigenvalue weighted by Gasteiger charge is -1.99. The normalized spacial score (nSPS) is 11.2. The van der Waals surface area contributed by atoms with E-state index >= 15 is 0 Å². The van der Waals surface area contributed by atoms with Gasteiger partial charge in [-0.1, -0.05) is 30.3 Å². The smallest absolute Gasteiger partial charge is 0.240 e. The Balaban J connectivity index is 1.67. The third-order valence-electron chi connectivity index (χ3n) is 3.65. The van der Waals surface area contributed by atoms with Crippen molar-refractivity contribution in [3.8, 4) is 22.6 Å². The molecule has 3 aromatic heterocycles. The molecule has 0 spiro atoms. The molecule has 7 nitrogen and oxygen atoms in total. The van der Waals surface area contributed by atoms with Crippen LogP contribution in [0, 0.1) is 0 Å². The van der Waals surface area contributed by atoms with Crippen molar-refractivity contribution in [3.05, 3.63) is 54.7 Å². The Labute approximate surface area is 138 Å². The molecule has 0 radical (unpaired) electrons. The van der Waals surface area contributed by atoms with Gasteiger partial charge in [0, 0.05) is 17.3 Å². The Morgan fingerprint density at radius 2 is 2.04 bits per heavy atom. The zero-order valence-corrected chi connectivity index (χ0v) is 13.2. The number of aromatic nitrogens is 5. The average Bonchev–Trinajstić information content (AvgIpc) is 3.27. The fraction of sp³-hybridized carbons (Fsp3) is 0.176. The van der Waals surface area contributed by atoms with Gasteiger partial charge in [-0.3, -0.25) is 0 Å². The van der Waals surface area contributed by atoms with Gasteiger partial charge in [0.15, 0.2) is 5.65 Å². The van der Waals surface area contributed by atoms with Crippen LogP contribution in [-0.2, 0) is 6.54 Å². The molecule has 0 aliphatic rings. The van der Waals surface area contributed by atoms with Gasteiger partial charge in [0.1, 0.15) is 0 Å². The van der Waals surface area contributed by atoms with Gasteiger partial charge in [-0.15, -0.1) is 0 Å². The second kappa shape index (κ2) is 6.21. The van der Waals surface area contributed by atoms with Crippen LogP contribution in [0.3, 0.4) is 0 Å². The second-order valence-corrected chi connectivity index (χ2v) is 5.33. The molecule has 1 N–H and O–H groups in total. The molecule has 0 saturated heterocycles. The summed E-state index contributed by atoms with van der Waals surface area (Å²) in [5.74, 6) is 1.15. The molecular weight excluding hydrogens is 304 g/mol. The maximum Gasteiger partial charge on any atom is 0.240 e. The molecule has 4 aromatic rings. The monoisotopic (exact) mass is 320 g/mol. The molecule has 0 aliphatic heterocycles. The molecule has 0 unspecified atom stereocenters. The van der Waals surface area contributed by atoms with E-state index in [4.69, 9.17) is 4.52 Å². The zero-order chi connectivity index (χ0) is 16.4. The van der Waals surface area contributed by atoms with Crippen LogP contribution in [0.2, 0.25) is 0 Å². The summed E-state index contributed by atoms with van der Waals surface area (Å²) in [6, 6.07) is 11.7. The van der Waals surface area contributed by atoms with Crippen molar-refractivity contribution in [2.24, 2.45) is 0 Å². The van der Waals surface area contributed by atoms with E-state index in [0.29, 0.717) is 18.3 Å². The Hall–Kier alpha value is -3.06. The Morgan fingerprint density at radius 3 is 2.92 bits per heavy atom. The molecule has 0 atom stereocenters. The van der Waals surface area contributed by atoms with Gasteiger partial charge in [-0.05, 0) is 24.7 Å². The van der Waals surface area contributed by atoms with Gasteiger partial charge >= 0.3 is 0 Å². The quantitative estimate of drug-likeness (QED) is 0.608. The van der Waals surface area contributed by atoms with Crippen molar-refractivity contribution in [1.29, 1.82) is 0 Å². The molecule has 1 aromatic carbocycles. The van der Waals surface area contributed by atoms with Crippen LogP contribution < -0.4 is 5.32 Å². The Morgan fingerprint density at radius 1 is 1.12 bits per heavy atom. The van der Waals surface area contributed by atoms with E-state index in [2.05, 4.69) is 25.5 Å². The van der Waals surface area contributed by atoms with Crippen LogP contribution in [-0.4, -0.2) is 31.3 Å². The third kappa shape index (κ3) is 2.77. The van der Waals surface area contributed by atoms with Gasteiger partial charge in [0.25, 0.3) is 0 Å². The maximum absolute atomic E-state index is 5.26. The lowest BCUT2D eigenvalue weighted by Crippen LogP contribution is -2.11. The summed E-state index contributed by atoms with van der Waals surface area (Å²) in [5, 5.41) is 11.5. The number of hydrogen-bond donors (Lipinski definition) is 1. The first kappa shape index (κ1) is 14.5. The minimum atomic E-state index is 0.571. The molecule has 0 fully saturated rings. The van der Waals surface area contributed by atoms with E-state index in [1.54, 1.807) is 10.7 Å². The molecule has 7 heteroatoms. The summed E-state index contributed by atoms with van der Waals surface area (Å²) >= 11 is 0. The van der Waals surface area contributed by atoms with Crippen molar-refractivity contribution < 1.29 is 4.52 Å². The molecule has 24 heavy (non-hydrogen) atoms. The first-order valence-electron chi connectivity index (χ1n) is 7.78. The van der Waals surface area contributed by atoms with Crippen molar-refractivity contribution in [3.63, 3.8) is 0 Å². The number of hydrogen-bond acceptors (Lipinski definition) is 6. The van der Waals surface area contributed by atoms with E-state index in [0.717, 1.165) is 29.0 Å². The predicted octanol–water partition coefficient (Wildman–Crippen LogP) is 2.56. The topological polar surface area (TPSA) is 81.1 Å². The number of imidazole rings is 1. The SMILES string of the molecule is CCNCc1nc(-c2cccc(-c3cn4ncccc4n3)c2)no1. The third-order valence-corrected chi connectivity index (χ3v) is 3.65. The highest BCUT2D eigenvalue weighted by Gasteiger charge is 2.11. The van der Waals surface area contributed by atoms with Gasteiger partial charge in [0.2, 0.25) is 11.7 Å². The second-order valence-electron chi connectivity index (χ2n) is 5.33. The van der Waals surface area contributed by atoms with Gasteiger partial charge in [-0.25, -0.2) is 9.50 Å². The van der Waals surface area contributed by atoms with Crippen molar-refractivity contribution >= 4 is 5.65 Å². The summed E-state index contributed by atoms with van der Waals surface area (Å²) < 4.78 is 7.02. The Kier molecular flexibility index (Phi) is 3.76. The van der Waals surface area contributed by atoms with Crippen molar-refractivity contribution in [2.45, 2.75) is 13.5 Å². The van der Waals surface area contributed by atoms with Crippen LogP contribution in [0.5, 0.6) is 0 Å². The lowest BCUT2D eigenvalue weighted by atomic mass is 10.1. The van der Waals surface area contributed by atoms with Crippen LogP contribution >= 0.6 is 0 Å². The molecule has 0 saturated carbocycles. The number of nitrogens with zero attached hydrogens (tertiary/aromatic N) is 5. The minimum absolute atomic E-state index is 0.571. The summed E-state index contributed by atoms with van der Waals surface area (Å²) in [5.41, 5.74) is 3.54. The summed E-state index contributed by atoms with van der Waals surface area (Å²) in [4.78, 5) is 9.01. The van der Waals surface area contributed by atoms with E-state index in [1.165, 1.54) is 0 Å². The Bertz CT molecular complexity index is 941. The van der Waals surface area contributed by atoms with Crippen LogP contribution in [0.25, 0.3) is 28.3 Å². The minimum Gasteiger partial charge on any atom is -0.338 e. The highest BCUT2D eigenvalue weighted by atomic mass is 16.5. The first-order valence-corrected chi connectivity index (χ1v) is 7.78. The molecular formula is C17H16N6O. The molecule has 3 heterocycles. The number of rotatable bonds is 5. The summed E-state index contributed by atoms with van der Waals surface area (Å²) in [6.45, 7) is 3.46. The summed E-state index contributed by atoms with van der Waals surface area (Å²) in [6.07, 6.45) is 3.64. The van der Waals surface area contributed by atoms with Crippen LogP contribution in [0.15, 0.2) is 53.3 Å². The highest BCUT2D eigenvalue weighted by molar-refractivity contribution is 5.69. The maximum atomic E-state index is 5.26. The summed E-state index contributed by atoms with van der Waals surface area (Å²) in [7, 11) is 0. The molecule has 120 valence electrons. The zero-order valence-electron chi connectivity index (χ0n) is 13.2. The van der Waals surface area contributed by atoms with Crippen LogP contribution in [0.1, 0.15) is 12.8 Å². The van der Waals surface area contributed by atoms with E-state index in [9.17, 15) is 0 Å². The highest BCUT2D eigenvalue weighted by Crippen LogP contribution is 2.24. The number of nitrogens with one attached hydrogen (secondary N) is 1. The lowest BCUT2D eigenvalue weighted by molar-refractivity contribution is 0.369. The van der Waals surface area contributed by atoms with Gasteiger partial charge < -0.3 is 9.84 Å². The molecule has 4 rings (SSSR count).